The molecule has 0 amide bonds. The number of alkyl halides is 1. The molecule has 0 aliphatic carbocycles. The number of carbonyl (C=O) groups is 1. The highest BCUT2D eigenvalue weighted by Crippen LogP contribution is 2.19. The van der Waals surface area contributed by atoms with E-state index in [1.165, 1.54) is 12.1 Å². The standard InChI is InChI=1S/C11H8FNO3/c12-10(11(14)15)16-8-4-3-7-2-1-5-13-9(7)6-8/h1-6,10H,(H,14,15). The normalized spacial score (nSPS) is 12.3. The van der Waals surface area contributed by atoms with E-state index in [2.05, 4.69) is 9.72 Å². The largest absolute Gasteiger partial charge is 0.476 e. The van der Waals surface area contributed by atoms with Gasteiger partial charge in [-0.1, -0.05) is 6.07 Å². The fraction of sp³-hybridized carbons (Fsp3) is 0.0909. The third kappa shape index (κ3) is 2.08. The Morgan fingerprint density at radius 2 is 2.25 bits per heavy atom. The van der Waals surface area contributed by atoms with Crippen LogP contribution in [0.15, 0.2) is 36.5 Å². The molecule has 82 valence electrons. The zero-order chi connectivity index (χ0) is 11.5. The second-order valence-electron chi connectivity index (χ2n) is 3.13. The maximum Gasteiger partial charge on any atom is 0.378 e. The van der Waals surface area contributed by atoms with E-state index >= 15 is 0 Å². The molecule has 0 saturated carbocycles. The van der Waals surface area contributed by atoms with Gasteiger partial charge in [-0.15, -0.1) is 0 Å². The Bertz CT molecular complexity index is 529. The Hall–Kier alpha value is -2.17. The van der Waals surface area contributed by atoms with E-state index in [0.717, 1.165) is 5.39 Å². The van der Waals surface area contributed by atoms with Crippen LogP contribution in [-0.2, 0) is 4.79 Å². The summed E-state index contributed by atoms with van der Waals surface area (Å²) in [5, 5.41) is 9.22. The van der Waals surface area contributed by atoms with Gasteiger partial charge in [0.1, 0.15) is 5.75 Å². The zero-order valence-electron chi connectivity index (χ0n) is 8.13. The van der Waals surface area contributed by atoms with Crippen molar-refractivity contribution in [3.8, 4) is 5.75 Å². The van der Waals surface area contributed by atoms with Gasteiger partial charge in [-0.2, -0.15) is 4.39 Å². The number of carboxylic acids is 1. The van der Waals surface area contributed by atoms with Gasteiger partial charge in [-0.25, -0.2) is 4.79 Å². The molecule has 1 aromatic heterocycles. The lowest BCUT2D eigenvalue weighted by molar-refractivity contribution is -0.153. The summed E-state index contributed by atoms with van der Waals surface area (Å²) in [5.41, 5.74) is 0.623. The minimum Gasteiger partial charge on any atom is -0.476 e. The van der Waals surface area contributed by atoms with E-state index in [1.807, 2.05) is 6.07 Å². The Kier molecular flexibility index (Phi) is 2.68. The number of fused-ring (bicyclic) bond motifs is 1. The first-order chi connectivity index (χ1) is 7.66. The number of ether oxygens (including phenoxy) is 1. The van der Waals surface area contributed by atoms with Crippen LogP contribution < -0.4 is 4.74 Å². The molecule has 1 atom stereocenters. The highest BCUT2D eigenvalue weighted by molar-refractivity contribution is 5.79. The molecule has 4 nitrogen and oxygen atoms in total. The van der Waals surface area contributed by atoms with E-state index in [0.29, 0.717) is 5.52 Å². The van der Waals surface area contributed by atoms with Crippen LogP contribution in [0.4, 0.5) is 4.39 Å². The molecule has 0 saturated heterocycles. The maximum absolute atomic E-state index is 12.8. The van der Waals surface area contributed by atoms with Gasteiger partial charge in [-0.3, -0.25) is 4.98 Å². The highest BCUT2D eigenvalue weighted by Gasteiger charge is 2.17. The molecule has 0 aliphatic heterocycles. The van der Waals surface area contributed by atoms with Crippen molar-refractivity contribution < 1.29 is 19.0 Å². The summed E-state index contributed by atoms with van der Waals surface area (Å²) in [5.74, 6) is -1.51. The Balaban J connectivity index is 2.29. The van der Waals surface area contributed by atoms with Crippen LogP contribution in [0.1, 0.15) is 0 Å². The van der Waals surface area contributed by atoms with E-state index < -0.39 is 12.3 Å². The third-order valence-electron chi connectivity index (χ3n) is 2.01. The summed E-state index contributed by atoms with van der Waals surface area (Å²) >= 11 is 0. The van der Waals surface area contributed by atoms with Crippen LogP contribution in [0.3, 0.4) is 0 Å². The number of benzene rings is 1. The molecule has 5 heteroatoms. The maximum atomic E-state index is 12.8. The molecule has 0 spiro atoms. The average Bonchev–Trinajstić information content (AvgIpc) is 2.28. The average molecular weight is 221 g/mol. The molecule has 1 heterocycles. The van der Waals surface area contributed by atoms with E-state index in [1.54, 1.807) is 18.3 Å². The monoisotopic (exact) mass is 221 g/mol. The van der Waals surface area contributed by atoms with E-state index in [-0.39, 0.29) is 5.75 Å². The van der Waals surface area contributed by atoms with Gasteiger partial charge < -0.3 is 9.84 Å². The van der Waals surface area contributed by atoms with Crippen molar-refractivity contribution in [1.29, 1.82) is 0 Å². The molecular formula is C11H8FNO3. The van der Waals surface area contributed by atoms with Gasteiger partial charge in [0.05, 0.1) is 5.52 Å². The number of nitrogens with zero attached hydrogens (tertiary/aromatic N) is 1. The van der Waals surface area contributed by atoms with Gasteiger partial charge in [0.2, 0.25) is 0 Å². The summed E-state index contributed by atoms with van der Waals surface area (Å²) < 4.78 is 17.3. The second-order valence-corrected chi connectivity index (χ2v) is 3.13. The Morgan fingerprint density at radius 1 is 1.44 bits per heavy atom. The van der Waals surface area contributed by atoms with Gasteiger partial charge >= 0.3 is 12.3 Å². The predicted molar refractivity (Wildman–Crippen MR) is 54.9 cm³/mol. The molecule has 1 unspecified atom stereocenters. The fourth-order valence-electron chi connectivity index (χ4n) is 1.29. The van der Waals surface area contributed by atoms with Gasteiger partial charge in [0.15, 0.2) is 0 Å². The first-order valence-corrected chi connectivity index (χ1v) is 4.55. The van der Waals surface area contributed by atoms with Crippen LogP contribution in [-0.4, -0.2) is 22.4 Å². The number of hydrogen-bond donors (Lipinski definition) is 1. The Morgan fingerprint density at radius 3 is 3.00 bits per heavy atom. The van der Waals surface area contributed by atoms with Crippen molar-refractivity contribution in [2.24, 2.45) is 0 Å². The summed E-state index contributed by atoms with van der Waals surface area (Å²) in [7, 11) is 0. The van der Waals surface area contributed by atoms with Crippen LogP contribution in [0, 0.1) is 0 Å². The SMILES string of the molecule is O=C(O)C(F)Oc1ccc2cccnc2c1. The van der Waals surface area contributed by atoms with E-state index in [4.69, 9.17) is 5.11 Å². The van der Waals surface area contributed by atoms with Crippen molar-refractivity contribution in [3.63, 3.8) is 0 Å². The zero-order valence-corrected chi connectivity index (χ0v) is 8.13. The van der Waals surface area contributed by atoms with Crippen molar-refractivity contribution in [1.82, 2.24) is 4.98 Å². The smallest absolute Gasteiger partial charge is 0.378 e. The second kappa shape index (κ2) is 4.14. The summed E-state index contributed by atoms with van der Waals surface area (Å²) in [4.78, 5) is 14.3. The van der Waals surface area contributed by atoms with Crippen molar-refractivity contribution in [2.45, 2.75) is 6.36 Å². The number of aliphatic carboxylic acids is 1. The molecule has 1 N–H and O–H groups in total. The first kappa shape index (κ1) is 10.4. The molecule has 0 aliphatic rings. The van der Waals surface area contributed by atoms with Crippen LogP contribution in [0.25, 0.3) is 10.9 Å². The minimum absolute atomic E-state index is 0.140. The summed E-state index contributed by atoms with van der Waals surface area (Å²) in [6.07, 6.45) is -0.767. The fourth-order valence-corrected chi connectivity index (χ4v) is 1.29. The van der Waals surface area contributed by atoms with Crippen molar-refractivity contribution >= 4 is 16.9 Å². The number of hydrogen-bond acceptors (Lipinski definition) is 3. The minimum atomic E-state index is -2.36. The predicted octanol–water partition coefficient (Wildman–Crippen LogP) is 1.99. The van der Waals surface area contributed by atoms with E-state index in [9.17, 15) is 9.18 Å². The quantitative estimate of drug-likeness (QED) is 0.861. The van der Waals surface area contributed by atoms with Crippen molar-refractivity contribution in [2.75, 3.05) is 0 Å². The molecule has 2 aromatic rings. The third-order valence-corrected chi connectivity index (χ3v) is 2.01. The van der Waals surface area contributed by atoms with Crippen LogP contribution in [0.2, 0.25) is 0 Å². The molecule has 2 rings (SSSR count). The molecule has 16 heavy (non-hydrogen) atoms. The lowest BCUT2D eigenvalue weighted by Crippen LogP contribution is -2.21. The number of rotatable bonds is 3. The number of halogens is 1. The first-order valence-electron chi connectivity index (χ1n) is 4.55. The summed E-state index contributed by atoms with van der Waals surface area (Å²) in [6, 6.07) is 8.30. The van der Waals surface area contributed by atoms with Crippen LogP contribution in [0.5, 0.6) is 5.75 Å². The summed E-state index contributed by atoms with van der Waals surface area (Å²) in [6.45, 7) is 0. The highest BCUT2D eigenvalue weighted by atomic mass is 19.1. The van der Waals surface area contributed by atoms with Gasteiger partial charge in [-0.05, 0) is 18.2 Å². The number of pyridine rings is 1. The Labute approximate surface area is 90.3 Å². The topological polar surface area (TPSA) is 59.4 Å². The van der Waals surface area contributed by atoms with Crippen LogP contribution >= 0.6 is 0 Å². The van der Waals surface area contributed by atoms with Gasteiger partial charge in [0, 0.05) is 17.6 Å². The lowest BCUT2D eigenvalue weighted by Gasteiger charge is -2.07. The van der Waals surface area contributed by atoms with Gasteiger partial charge in [0.25, 0.3) is 0 Å². The van der Waals surface area contributed by atoms with Crippen molar-refractivity contribution in [3.05, 3.63) is 36.5 Å². The molecule has 0 radical (unpaired) electrons. The molecule has 0 bridgehead atoms. The molecule has 1 aromatic carbocycles. The molecular weight excluding hydrogens is 213 g/mol. The lowest BCUT2D eigenvalue weighted by atomic mass is 10.2. The molecule has 0 fully saturated rings. The number of aromatic nitrogens is 1. The number of carboxylic acid groups (broad SMARTS) is 1.